The van der Waals surface area contributed by atoms with Crippen LogP contribution in [0.15, 0.2) is 6.20 Å². The van der Waals surface area contributed by atoms with Gasteiger partial charge >= 0.3 is 6.61 Å². The second-order valence-corrected chi connectivity index (χ2v) is 7.18. The van der Waals surface area contributed by atoms with E-state index in [0.717, 1.165) is 19.0 Å². The number of fused-ring (bicyclic) bond motifs is 1. The number of aromatic nitrogens is 6. The van der Waals surface area contributed by atoms with E-state index in [4.69, 9.17) is 11.8 Å². The highest BCUT2D eigenvalue weighted by molar-refractivity contribution is 6.14. The zero-order valence-electron chi connectivity index (χ0n) is 15.6. The van der Waals surface area contributed by atoms with E-state index in [0.29, 0.717) is 24.5 Å². The monoisotopic (exact) mass is 414 g/mol. The first kappa shape index (κ1) is 18.9. The minimum absolute atomic E-state index is 0.117. The van der Waals surface area contributed by atoms with Crippen molar-refractivity contribution in [3.63, 3.8) is 0 Å². The lowest BCUT2D eigenvalue weighted by Gasteiger charge is -2.26. The highest BCUT2D eigenvalue weighted by atomic mass is 35.5. The van der Waals surface area contributed by atoms with Crippen LogP contribution in [-0.2, 0) is 24.6 Å². The summed E-state index contributed by atoms with van der Waals surface area (Å²) < 4.78 is 34.4. The topological polar surface area (TPSA) is 77.1 Å². The normalized spacial score (nSPS) is 19.4. The molecule has 4 heterocycles. The molecule has 2 aromatic rings. The molecule has 0 bridgehead atoms. The van der Waals surface area contributed by atoms with Gasteiger partial charge in [-0.2, -0.15) is 24.0 Å². The Hall–Kier alpha value is -2.43. The minimum Gasteiger partial charge on any atom is -0.429 e. The molecule has 28 heavy (non-hydrogen) atoms. The fourth-order valence-corrected chi connectivity index (χ4v) is 3.58. The first-order chi connectivity index (χ1) is 13.4. The second kappa shape index (κ2) is 7.53. The third-order valence-corrected chi connectivity index (χ3v) is 5.19. The van der Waals surface area contributed by atoms with Gasteiger partial charge in [-0.3, -0.25) is 4.42 Å². The number of aryl methyl sites for hydroxylation is 3. The Bertz CT molecular complexity index is 876. The predicted molar refractivity (Wildman–Crippen MR) is 97.3 cm³/mol. The molecule has 2 aliphatic heterocycles. The minimum atomic E-state index is -2.97. The van der Waals surface area contributed by atoms with Crippen LogP contribution in [0, 0.1) is 0 Å². The van der Waals surface area contributed by atoms with Gasteiger partial charge in [-0.05, 0) is 19.8 Å². The predicted octanol–water partition coefficient (Wildman–Crippen LogP) is 2.32. The Kier molecular flexibility index (Phi) is 5.09. The molecule has 9 nitrogen and oxygen atoms in total. The molecule has 1 atom stereocenters. The number of alkyl halides is 2. The lowest BCUT2D eigenvalue weighted by Crippen LogP contribution is -2.26. The smallest absolute Gasteiger partial charge is 0.387 e. The van der Waals surface area contributed by atoms with E-state index in [9.17, 15) is 8.78 Å². The summed E-state index contributed by atoms with van der Waals surface area (Å²) in [5.41, 5.74) is 0. The van der Waals surface area contributed by atoms with Crippen LogP contribution in [0.4, 0.5) is 14.7 Å². The summed E-state index contributed by atoms with van der Waals surface area (Å²) in [6.07, 6.45) is 4.25. The standard InChI is InChI=1S/C16H21ClF2N8O/c1-10-26(17)9-11(28-15(18)19)14-20-12(23-27(10)14)5-6-13-21-16(24(2)22-13)25-7-3-4-8-25/h9-10,15H,3-8H2,1-2H3. The molecule has 0 saturated carbocycles. The van der Waals surface area contributed by atoms with Crippen LogP contribution in [0.3, 0.4) is 0 Å². The molecular formula is C16H21ClF2N8O. The molecule has 1 unspecified atom stereocenters. The summed E-state index contributed by atoms with van der Waals surface area (Å²) in [5.74, 6) is 2.17. The molecule has 2 aromatic heterocycles. The van der Waals surface area contributed by atoms with Gasteiger partial charge < -0.3 is 9.64 Å². The SMILES string of the molecule is CC1N(Cl)C=C(OC(F)F)c2nc(CCc3nc(N4CCCC4)n(C)n3)nn21. The fourth-order valence-electron chi connectivity index (χ4n) is 3.41. The Labute approximate surface area is 165 Å². The second-order valence-electron chi connectivity index (χ2n) is 6.79. The van der Waals surface area contributed by atoms with E-state index in [1.165, 1.54) is 28.1 Å². The highest BCUT2D eigenvalue weighted by Gasteiger charge is 2.29. The molecule has 4 rings (SSSR count). The molecule has 1 saturated heterocycles. The zero-order chi connectivity index (χ0) is 19.8. The number of anilines is 1. The molecule has 0 radical (unpaired) electrons. The van der Waals surface area contributed by atoms with Crippen molar-refractivity contribution < 1.29 is 13.5 Å². The Morgan fingerprint density at radius 1 is 1.18 bits per heavy atom. The van der Waals surface area contributed by atoms with Gasteiger partial charge in [0.05, 0.1) is 6.20 Å². The third-order valence-electron chi connectivity index (χ3n) is 4.81. The van der Waals surface area contributed by atoms with Gasteiger partial charge in [-0.25, -0.2) is 14.3 Å². The average molecular weight is 415 g/mol. The fraction of sp³-hybridized carbons (Fsp3) is 0.625. The van der Waals surface area contributed by atoms with Crippen molar-refractivity contribution in [2.75, 3.05) is 18.0 Å². The van der Waals surface area contributed by atoms with Gasteiger partial charge in [0, 0.05) is 44.8 Å². The summed E-state index contributed by atoms with van der Waals surface area (Å²) in [6.45, 7) is 0.800. The molecule has 1 fully saturated rings. The summed E-state index contributed by atoms with van der Waals surface area (Å²) in [6, 6.07) is 0. The van der Waals surface area contributed by atoms with Crippen LogP contribution in [-0.4, -0.2) is 53.6 Å². The number of rotatable bonds is 6. The lowest BCUT2D eigenvalue weighted by atomic mass is 10.3. The van der Waals surface area contributed by atoms with E-state index in [-0.39, 0.29) is 17.7 Å². The van der Waals surface area contributed by atoms with Crippen molar-refractivity contribution in [2.24, 2.45) is 7.05 Å². The van der Waals surface area contributed by atoms with E-state index in [1.807, 2.05) is 7.05 Å². The molecule has 12 heteroatoms. The Morgan fingerprint density at radius 2 is 1.86 bits per heavy atom. The molecule has 0 N–H and O–H groups in total. The molecule has 0 spiro atoms. The van der Waals surface area contributed by atoms with Crippen molar-refractivity contribution in [2.45, 2.75) is 45.4 Å². The number of hydrogen-bond acceptors (Lipinski definition) is 7. The van der Waals surface area contributed by atoms with Crippen LogP contribution >= 0.6 is 11.8 Å². The van der Waals surface area contributed by atoms with Crippen molar-refractivity contribution in [3.05, 3.63) is 23.7 Å². The Balaban J connectivity index is 1.49. The molecule has 0 aromatic carbocycles. The van der Waals surface area contributed by atoms with Crippen LogP contribution in [0.25, 0.3) is 5.76 Å². The lowest BCUT2D eigenvalue weighted by molar-refractivity contribution is -0.0735. The van der Waals surface area contributed by atoms with Crippen LogP contribution in [0.1, 0.15) is 43.4 Å². The van der Waals surface area contributed by atoms with Gasteiger partial charge in [-0.15, -0.1) is 0 Å². The van der Waals surface area contributed by atoms with E-state index >= 15 is 0 Å². The van der Waals surface area contributed by atoms with Crippen LogP contribution in [0.2, 0.25) is 0 Å². The number of ether oxygens (including phenoxy) is 1. The van der Waals surface area contributed by atoms with Crippen LogP contribution in [0.5, 0.6) is 0 Å². The largest absolute Gasteiger partial charge is 0.429 e. The molecule has 0 aliphatic carbocycles. The summed E-state index contributed by atoms with van der Waals surface area (Å²) >= 11 is 6.05. The summed E-state index contributed by atoms with van der Waals surface area (Å²) in [7, 11) is 1.88. The quantitative estimate of drug-likeness (QED) is 0.671. The molecule has 0 amide bonds. The number of nitrogens with zero attached hydrogens (tertiary/aromatic N) is 8. The summed E-state index contributed by atoms with van der Waals surface area (Å²) in [5, 5.41) is 8.87. The van der Waals surface area contributed by atoms with Gasteiger partial charge in [0.2, 0.25) is 5.95 Å². The van der Waals surface area contributed by atoms with Gasteiger partial charge in [0.1, 0.15) is 6.17 Å². The first-order valence-electron chi connectivity index (χ1n) is 9.14. The molecular weight excluding hydrogens is 394 g/mol. The highest BCUT2D eigenvalue weighted by Crippen LogP contribution is 2.30. The van der Waals surface area contributed by atoms with Gasteiger partial charge in [0.15, 0.2) is 23.2 Å². The average Bonchev–Trinajstić information content (AvgIpc) is 3.36. The Morgan fingerprint density at radius 3 is 2.54 bits per heavy atom. The van der Waals surface area contributed by atoms with Crippen LogP contribution < -0.4 is 4.90 Å². The molecule has 152 valence electrons. The van der Waals surface area contributed by atoms with E-state index < -0.39 is 6.61 Å². The maximum atomic E-state index is 12.7. The molecule has 2 aliphatic rings. The van der Waals surface area contributed by atoms with Crippen molar-refractivity contribution >= 4 is 23.5 Å². The number of hydrogen-bond donors (Lipinski definition) is 0. The van der Waals surface area contributed by atoms with E-state index in [1.54, 1.807) is 11.6 Å². The maximum absolute atomic E-state index is 12.7. The summed E-state index contributed by atoms with van der Waals surface area (Å²) in [4.78, 5) is 11.2. The zero-order valence-corrected chi connectivity index (χ0v) is 16.4. The maximum Gasteiger partial charge on any atom is 0.387 e. The first-order valence-corrected chi connectivity index (χ1v) is 9.47. The van der Waals surface area contributed by atoms with Crippen molar-refractivity contribution in [3.8, 4) is 0 Å². The van der Waals surface area contributed by atoms with Crippen molar-refractivity contribution in [1.29, 1.82) is 0 Å². The van der Waals surface area contributed by atoms with Crippen molar-refractivity contribution in [1.82, 2.24) is 33.9 Å². The third kappa shape index (κ3) is 3.62. The van der Waals surface area contributed by atoms with Gasteiger partial charge in [0.25, 0.3) is 0 Å². The number of halogens is 3. The van der Waals surface area contributed by atoms with Gasteiger partial charge in [-0.1, -0.05) is 0 Å². The van der Waals surface area contributed by atoms with E-state index in [2.05, 4.69) is 29.8 Å².